The third-order valence-corrected chi connectivity index (χ3v) is 4.05. The van der Waals surface area contributed by atoms with Gasteiger partial charge >= 0.3 is 118 Å². The van der Waals surface area contributed by atoms with Crippen molar-refractivity contribution in [2.24, 2.45) is 0 Å². The van der Waals surface area contributed by atoms with Crippen LogP contribution in [0.25, 0.3) is 0 Å². The molecule has 0 atom stereocenters. The summed E-state index contributed by atoms with van der Waals surface area (Å²) < 4.78 is 61.6. The molecule has 2 nitrogen and oxygen atoms in total. The quantitative estimate of drug-likeness (QED) is 0.469. The van der Waals surface area contributed by atoms with Crippen LogP contribution in [0.1, 0.15) is 0 Å². The number of hydrogen-bond donors (Lipinski definition) is 0. The first-order valence-corrected chi connectivity index (χ1v) is 9.31. The van der Waals surface area contributed by atoms with Crippen LogP contribution in [0.3, 0.4) is 0 Å². The number of pyridine rings is 2. The Balaban J connectivity index is 0.000000246. The molecule has 0 bridgehead atoms. The third kappa shape index (κ3) is 12.0. The Morgan fingerprint density at radius 2 is 1.05 bits per heavy atom. The second kappa shape index (κ2) is 5.39. The summed E-state index contributed by atoms with van der Waals surface area (Å²) >= 11 is -0.330. The molecule has 2 heterocycles. The average Bonchev–Trinajstić information content (AvgIpc) is 2.27. The molecule has 0 aliphatic carbocycles. The van der Waals surface area contributed by atoms with Gasteiger partial charge in [0, 0.05) is 0 Å². The van der Waals surface area contributed by atoms with Crippen molar-refractivity contribution in [2.75, 3.05) is 0 Å². The van der Waals surface area contributed by atoms with Crippen LogP contribution in [0.5, 0.6) is 0 Å². The van der Waals surface area contributed by atoms with Gasteiger partial charge in [-0.2, -0.15) is 0 Å². The van der Waals surface area contributed by atoms with Crippen LogP contribution in [-0.4, -0.2) is 9.97 Å². The number of nitrogens with zero attached hydrogens (tertiary/aromatic N) is 2. The maximum atomic E-state index is 9.87. The van der Waals surface area contributed by atoms with Gasteiger partial charge in [-0.25, -0.2) is 0 Å². The zero-order valence-corrected chi connectivity index (χ0v) is 12.9. The van der Waals surface area contributed by atoms with Crippen molar-refractivity contribution in [1.29, 1.82) is 0 Å². The fourth-order valence-electron chi connectivity index (χ4n) is 0.855. The van der Waals surface area contributed by atoms with E-state index in [4.69, 9.17) is 0 Å². The van der Waals surface area contributed by atoms with Crippen molar-refractivity contribution in [3.8, 4) is 0 Å². The fraction of sp³-hybridized carbons (Fsp3) is 0. The van der Waals surface area contributed by atoms with Crippen LogP contribution < -0.4 is 8.42 Å². The van der Waals surface area contributed by atoms with Crippen LogP contribution >= 0.6 is 7.81 Å². The SMILES string of the molecule is F[P-](F)(F)(F)(F)F.c1cc[c]([Ir][c]2ccccn2)nc1. The van der Waals surface area contributed by atoms with Gasteiger partial charge in [-0.15, -0.1) is 0 Å². The van der Waals surface area contributed by atoms with Crippen molar-refractivity contribution in [3.63, 3.8) is 0 Å². The van der Waals surface area contributed by atoms with Crippen LogP contribution in [0.2, 0.25) is 0 Å². The zero-order chi connectivity index (χ0) is 15.3. The monoisotopic (exact) mass is 494 g/mol. The molecule has 0 spiro atoms. The second-order valence-electron chi connectivity index (χ2n) is 3.30. The van der Waals surface area contributed by atoms with E-state index in [1.165, 1.54) is 8.42 Å². The molecule has 2 aromatic heterocycles. The van der Waals surface area contributed by atoms with E-state index in [0.717, 1.165) is 0 Å². The van der Waals surface area contributed by atoms with E-state index < -0.39 is 7.81 Å². The van der Waals surface area contributed by atoms with Gasteiger partial charge in [-0.05, 0) is 0 Å². The Kier molecular flexibility index (Phi) is 4.58. The Morgan fingerprint density at radius 3 is 1.30 bits per heavy atom. The van der Waals surface area contributed by atoms with Gasteiger partial charge in [0.1, 0.15) is 0 Å². The summed E-state index contributed by atoms with van der Waals surface area (Å²) in [6, 6.07) is 12.1. The normalized spacial score (nSPS) is 14.7. The van der Waals surface area contributed by atoms with Gasteiger partial charge in [0.05, 0.1) is 0 Å². The molecule has 0 saturated heterocycles. The van der Waals surface area contributed by atoms with Gasteiger partial charge in [-0.1, -0.05) is 0 Å². The molecule has 0 amide bonds. The van der Waals surface area contributed by atoms with Gasteiger partial charge in [0.2, 0.25) is 0 Å². The molecule has 2 rings (SSSR count). The molecule has 0 saturated carbocycles. The molecule has 20 heavy (non-hydrogen) atoms. The predicted octanol–water partition coefficient (Wildman–Crippen LogP) is 3.89. The third-order valence-electron chi connectivity index (χ3n) is 1.40. The minimum atomic E-state index is -10.7. The van der Waals surface area contributed by atoms with Crippen molar-refractivity contribution < 1.29 is 42.9 Å². The van der Waals surface area contributed by atoms with Gasteiger partial charge in [0.25, 0.3) is 0 Å². The van der Waals surface area contributed by atoms with E-state index in [9.17, 15) is 25.2 Å². The van der Waals surface area contributed by atoms with Crippen molar-refractivity contribution in [3.05, 3.63) is 48.8 Å². The predicted molar refractivity (Wildman–Crippen MR) is 61.3 cm³/mol. The standard InChI is InChI=1S/2C5H4N.F6P.Ir/c2*1-2-4-6-5-3-1;1-7(2,3,4,5)6;/h2*1-4H;;/q;;-1;. The van der Waals surface area contributed by atoms with Crippen LogP contribution in [-0.2, 0) is 17.7 Å². The number of halogens is 6. The topological polar surface area (TPSA) is 25.8 Å². The summed E-state index contributed by atoms with van der Waals surface area (Å²) in [6.45, 7) is 0. The first-order valence-electron chi connectivity index (χ1n) is 4.89. The molecular formula is C10H8F6IrN2P-. The van der Waals surface area contributed by atoms with Gasteiger partial charge < -0.3 is 0 Å². The molecule has 0 N–H and O–H groups in total. The zero-order valence-electron chi connectivity index (χ0n) is 9.56. The number of hydrogen-bond acceptors (Lipinski definition) is 2. The van der Waals surface area contributed by atoms with Crippen LogP contribution in [0.4, 0.5) is 25.2 Å². The summed E-state index contributed by atoms with van der Waals surface area (Å²) in [7, 11) is -10.7. The van der Waals surface area contributed by atoms with Crippen molar-refractivity contribution in [1.82, 2.24) is 9.97 Å². The molecule has 10 heteroatoms. The first kappa shape index (κ1) is 17.0. The number of rotatable bonds is 2. The average molecular weight is 493 g/mol. The number of aromatic nitrogens is 2. The summed E-state index contributed by atoms with van der Waals surface area (Å²) in [4.78, 5) is 8.58. The molecule has 0 aromatic carbocycles. The summed E-state index contributed by atoms with van der Waals surface area (Å²) in [6.07, 6.45) is 3.67. The van der Waals surface area contributed by atoms with E-state index in [-0.39, 0.29) is 17.7 Å². The van der Waals surface area contributed by atoms with E-state index in [0.29, 0.717) is 0 Å². The first-order chi connectivity index (χ1) is 8.90. The van der Waals surface area contributed by atoms with Crippen molar-refractivity contribution in [2.45, 2.75) is 0 Å². The molecule has 0 fully saturated rings. The van der Waals surface area contributed by atoms with Gasteiger partial charge in [-0.3, -0.25) is 0 Å². The van der Waals surface area contributed by atoms with E-state index in [1.54, 1.807) is 0 Å². The van der Waals surface area contributed by atoms with Crippen LogP contribution in [0.15, 0.2) is 48.8 Å². The van der Waals surface area contributed by atoms with Gasteiger partial charge in [0.15, 0.2) is 0 Å². The molecule has 115 valence electrons. The summed E-state index contributed by atoms with van der Waals surface area (Å²) in [5.41, 5.74) is 0. The maximum absolute atomic E-state index is 10.7. The molecule has 0 aliphatic heterocycles. The molecule has 2 aromatic rings. The van der Waals surface area contributed by atoms with E-state index in [2.05, 4.69) is 22.1 Å². The molecule has 0 unspecified atom stereocenters. The minimum absolute atomic E-state index is 0.330. The molecule has 0 aliphatic rings. The Morgan fingerprint density at radius 1 is 0.700 bits per heavy atom. The Hall–Kier alpha value is -1.04. The van der Waals surface area contributed by atoms with Crippen LogP contribution in [0, 0.1) is 0 Å². The van der Waals surface area contributed by atoms with E-state index in [1.807, 2.05) is 36.7 Å². The Bertz CT molecular complexity index is 497. The summed E-state index contributed by atoms with van der Waals surface area (Å²) in [5.74, 6) is 0. The molecular weight excluding hydrogens is 485 g/mol. The van der Waals surface area contributed by atoms with Crippen molar-refractivity contribution >= 4 is 16.2 Å². The molecule has 0 radical (unpaired) electrons. The van der Waals surface area contributed by atoms with E-state index >= 15 is 0 Å². The fourth-order valence-corrected chi connectivity index (χ4v) is 3.01. The Labute approximate surface area is 118 Å². The summed E-state index contributed by atoms with van der Waals surface area (Å²) in [5, 5.41) is 0. The second-order valence-corrected chi connectivity index (χ2v) is 8.27.